The van der Waals surface area contributed by atoms with Gasteiger partial charge < -0.3 is 9.47 Å². The van der Waals surface area contributed by atoms with Crippen LogP contribution in [-0.2, 0) is 10.8 Å². The molecule has 336 valence electrons. The highest BCUT2D eigenvalue weighted by Gasteiger charge is 2.52. The van der Waals surface area contributed by atoms with Gasteiger partial charge in [-0.1, -0.05) is 179 Å². The first-order valence-corrected chi connectivity index (χ1v) is 25.3. The average molecular weight is 907 g/mol. The number of benzene rings is 10. The second-order valence-corrected chi connectivity index (χ2v) is 20.9. The van der Waals surface area contributed by atoms with Gasteiger partial charge in [-0.25, -0.2) is 0 Å². The molecule has 1 spiro atoms. The number of anilines is 3. The largest absolute Gasteiger partial charge is 0.310 e. The summed E-state index contributed by atoms with van der Waals surface area (Å²) in [5, 5.41) is 5.05. The first-order valence-electron chi connectivity index (χ1n) is 25.3. The van der Waals surface area contributed by atoms with Crippen LogP contribution in [0, 0.1) is 5.92 Å². The molecule has 1 aromatic heterocycles. The average Bonchev–Trinajstić information content (AvgIpc) is 4.08. The van der Waals surface area contributed by atoms with E-state index in [0.717, 1.165) is 12.1 Å². The molecule has 0 saturated heterocycles. The Labute approximate surface area is 415 Å². The third-order valence-corrected chi connectivity index (χ3v) is 16.7. The number of hydrogen-bond donors (Lipinski definition) is 0. The van der Waals surface area contributed by atoms with E-state index in [1.807, 2.05) is 0 Å². The smallest absolute Gasteiger partial charge is 0.0726 e. The third kappa shape index (κ3) is 5.53. The summed E-state index contributed by atoms with van der Waals surface area (Å²) in [5.74, 6) is 0.525. The van der Waals surface area contributed by atoms with Crippen molar-refractivity contribution >= 4 is 55.2 Å². The molecule has 0 radical (unpaired) electrons. The summed E-state index contributed by atoms with van der Waals surface area (Å²) >= 11 is 0. The maximum Gasteiger partial charge on any atom is 0.0726 e. The number of hydrogen-bond acceptors (Lipinski definition) is 1. The minimum Gasteiger partial charge on any atom is -0.310 e. The van der Waals surface area contributed by atoms with Gasteiger partial charge in [0.25, 0.3) is 0 Å². The number of allylic oxidation sites excluding steroid dienone is 4. The van der Waals surface area contributed by atoms with Gasteiger partial charge in [0, 0.05) is 38.8 Å². The molecule has 0 N–H and O–H groups in total. The molecule has 2 heteroatoms. The Morgan fingerprint density at radius 2 is 1.13 bits per heavy atom. The van der Waals surface area contributed by atoms with Crippen LogP contribution in [0.4, 0.5) is 17.1 Å². The minimum absolute atomic E-state index is 0.121. The van der Waals surface area contributed by atoms with E-state index in [4.69, 9.17) is 0 Å². The van der Waals surface area contributed by atoms with Crippen molar-refractivity contribution in [2.24, 2.45) is 5.92 Å². The Hall–Kier alpha value is -8.46. The lowest BCUT2D eigenvalue weighted by atomic mass is 9.70. The predicted octanol–water partition coefficient (Wildman–Crippen LogP) is 18.1. The normalized spacial score (nSPS) is 17.6. The Morgan fingerprint density at radius 3 is 1.96 bits per heavy atom. The van der Waals surface area contributed by atoms with E-state index in [2.05, 4.69) is 261 Å². The Balaban J connectivity index is 0.939. The van der Waals surface area contributed by atoms with Crippen molar-refractivity contribution in [1.29, 1.82) is 0 Å². The Bertz CT molecular complexity index is 4120. The van der Waals surface area contributed by atoms with Gasteiger partial charge in [-0.3, -0.25) is 0 Å². The number of para-hydroxylation sites is 2. The van der Waals surface area contributed by atoms with Crippen LogP contribution in [-0.4, -0.2) is 4.57 Å². The van der Waals surface area contributed by atoms with Gasteiger partial charge in [0.2, 0.25) is 0 Å². The van der Waals surface area contributed by atoms with Crippen LogP contribution < -0.4 is 4.90 Å². The molecule has 4 aliphatic carbocycles. The third-order valence-electron chi connectivity index (χ3n) is 16.7. The molecular weight excluding hydrogens is 857 g/mol. The molecule has 2 atom stereocenters. The van der Waals surface area contributed by atoms with Gasteiger partial charge in [0.15, 0.2) is 0 Å². The van der Waals surface area contributed by atoms with Crippen LogP contribution in [0.1, 0.15) is 60.6 Å². The molecule has 2 nitrogen and oxygen atoms in total. The van der Waals surface area contributed by atoms with Crippen molar-refractivity contribution in [3.8, 4) is 39.1 Å². The summed E-state index contributed by atoms with van der Waals surface area (Å²) in [6.07, 6.45) is 5.90. The summed E-state index contributed by atoms with van der Waals surface area (Å²) in [4.78, 5) is 2.56. The first-order chi connectivity index (χ1) is 34.9. The van der Waals surface area contributed by atoms with Crippen molar-refractivity contribution in [3.05, 3.63) is 269 Å². The quantitative estimate of drug-likeness (QED) is 0.167. The molecule has 15 rings (SSSR count). The van der Waals surface area contributed by atoms with E-state index in [1.165, 1.54) is 128 Å². The molecule has 0 aliphatic heterocycles. The van der Waals surface area contributed by atoms with Crippen LogP contribution in [0.15, 0.2) is 236 Å². The van der Waals surface area contributed by atoms with Crippen LogP contribution in [0.2, 0.25) is 0 Å². The molecule has 0 bridgehead atoms. The Kier molecular flexibility index (Phi) is 8.42. The number of nitrogens with zero attached hydrogens (tertiary/aromatic N) is 2. The van der Waals surface area contributed by atoms with Crippen molar-refractivity contribution in [2.45, 2.75) is 38.0 Å². The maximum absolute atomic E-state index is 2.56. The standard InChI is InChI=1S/C69H50N2/c1-43-28-36-58-55(38-43)52-35-34-50(42-62(52)68(58,2)3)70(49-32-29-44(30-33-49)47-31-37-65-57(40-47)53-21-11-14-26-64(53)71(65)48-18-5-4-6-19-48)66-27-15-25-61-67(66)54-22-10-13-24-60(54)69(61)59-23-12-9-20-51(59)56-39-45-16-7-8-17-46(45)41-63(56)69/h4-37,39-43H,38H2,1-3H3. The van der Waals surface area contributed by atoms with Crippen molar-refractivity contribution in [1.82, 2.24) is 4.57 Å². The van der Waals surface area contributed by atoms with E-state index < -0.39 is 5.41 Å². The number of fused-ring (bicyclic) bond motifs is 16. The predicted molar refractivity (Wildman–Crippen MR) is 298 cm³/mol. The van der Waals surface area contributed by atoms with E-state index >= 15 is 0 Å². The van der Waals surface area contributed by atoms with E-state index in [1.54, 1.807) is 0 Å². The van der Waals surface area contributed by atoms with Gasteiger partial charge in [-0.15, -0.1) is 0 Å². The van der Waals surface area contributed by atoms with Crippen LogP contribution in [0.3, 0.4) is 0 Å². The molecule has 0 fully saturated rings. The molecule has 1 heterocycles. The van der Waals surface area contributed by atoms with Crippen molar-refractivity contribution in [3.63, 3.8) is 0 Å². The molecule has 2 unspecified atom stereocenters. The van der Waals surface area contributed by atoms with E-state index in [9.17, 15) is 0 Å². The van der Waals surface area contributed by atoms with E-state index in [-0.39, 0.29) is 5.41 Å². The monoisotopic (exact) mass is 906 g/mol. The second-order valence-electron chi connectivity index (χ2n) is 20.9. The maximum atomic E-state index is 2.56. The molecular formula is C69H50N2. The first kappa shape index (κ1) is 40.4. The van der Waals surface area contributed by atoms with Gasteiger partial charge in [-0.05, 0) is 168 Å². The summed E-state index contributed by atoms with van der Waals surface area (Å²) in [6.45, 7) is 7.19. The molecule has 11 aromatic rings. The highest BCUT2D eigenvalue weighted by molar-refractivity contribution is 6.11. The van der Waals surface area contributed by atoms with Crippen LogP contribution in [0.5, 0.6) is 0 Å². The fraction of sp³-hybridized carbons (Fsp3) is 0.101. The van der Waals surface area contributed by atoms with Gasteiger partial charge in [0.05, 0.1) is 22.1 Å². The van der Waals surface area contributed by atoms with E-state index in [0.29, 0.717) is 5.92 Å². The Morgan fingerprint density at radius 1 is 0.465 bits per heavy atom. The molecule has 4 aliphatic rings. The topological polar surface area (TPSA) is 8.17 Å². The minimum atomic E-state index is -0.484. The molecule has 10 aromatic carbocycles. The van der Waals surface area contributed by atoms with Crippen LogP contribution >= 0.6 is 0 Å². The highest BCUT2D eigenvalue weighted by Crippen LogP contribution is 2.65. The molecule has 71 heavy (non-hydrogen) atoms. The van der Waals surface area contributed by atoms with Gasteiger partial charge in [-0.2, -0.15) is 0 Å². The molecule has 0 saturated carbocycles. The van der Waals surface area contributed by atoms with Crippen molar-refractivity contribution in [2.75, 3.05) is 4.90 Å². The van der Waals surface area contributed by atoms with Gasteiger partial charge in [0.1, 0.15) is 0 Å². The lowest BCUT2D eigenvalue weighted by Gasteiger charge is -2.32. The second kappa shape index (κ2) is 14.8. The van der Waals surface area contributed by atoms with Crippen molar-refractivity contribution < 1.29 is 0 Å². The highest BCUT2D eigenvalue weighted by atomic mass is 15.1. The summed E-state index contributed by atoms with van der Waals surface area (Å²) in [5.41, 5.74) is 25.2. The zero-order valence-corrected chi connectivity index (χ0v) is 40.1. The summed E-state index contributed by atoms with van der Waals surface area (Å²) in [7, 11) is 0. The summed E-state index contributed by atoms with van der Waals surface area (Å²) in [6, 6.07) is 82.5. The van der Waals surface area contributed by atoms with Crippen LogP contribution in [0.25, 0.3) is 77.2 Å². The number of aromatic nitrogens is 1. The summed E-state index contributed by atoms with van der Waals surface area (Å²) < 4.78 is 2.39. The molecule has 0 amide bonds. The SMILES string of the molecule is CC1C=CC2=C(C1)c1ccc(N(c3ccc(-c4ccc5c(c4)c4ccccc4n5-c4ccccc4)cc3)c3cccc4c3-c3ccccc3C43c4ccccc4-c4cc5ccccc5cc43)cc1C2(C)C. The van der Waals surface area contributed by atoms with Gasteiger partial charge >= 0.3 is 0 Å². The lowest BCUT2D eigenvalue weighted by Crippen LogP contribution is -2.26. The zero-order chi connectivity index (χ0) is 47.2. The zero-order valence-electron chi connectivity index (χ0n) is 40.1. The fourth-order valence-corrected chi connectivity index (χ4v) is 13.6. The lowest BCUT2D eigenvalue weighted by molar-refractivity contribution is 0.643. The fourth-order valence-electron chi connectivity index (χ4n) is 13.6. The number of rotatable bonds is 5.